The highest BCUT2D eigenvalue weighted by Gasteiger charge is 2.13. The second-order valence-electron chi connectivity index (χ2n) is 3.51. The number of carbonyl (C=O) groups is 2. The van der Waals surface area contributed by atoms with E-state index in [0.717, 1.165) is 12.1 Å². The molecule has 0 bridgehead atoms. The van der Waals surface area contributed by atoms with Gasteiger partial charge in [-0.1, -0.05) is 0 Å². The van der Waals surface area contributed by atoms with Gasteiger partial charge in [0.1, 0.15) is 5.82 Å². The van der Waals surface area contributed by atoms with Gasteiger partial charge in [-0.05, 0) is 46.3 Å². The summed E-state index contributed by atoms with van der Waals surface area (Å²) in [5.41, 5.74) is 4.57. The first-order valence-corrected chi connectivity index (χ1v) is 5.96. The van der Waals surface area contributed by atoms with E-state index in [0.29, 0.717) is 0 Å². The number of furan rings is 1. The lowest BCUT2D eigenvalue weighted by atomic mass is 10.2. The van der Waals surface area contributed by atoms with Gasteiger partial charge in [-0.2, -0.15) is 0 Å². The lowest BCUT2D eigenvalue weighted by Crippen LogP contribution is -2.41. The SMILES string of the molecule is O=C(NNC(=O)c1ccc(F)cc1Br)c1ccco1. The molecule has 0 saturated carbocycles. The zero-order valence-electron chi connectivity index (χ0n) is 9.44. The lowest BCUT2D eigenvalue weighted by Gasteiger charge is -2.07. The summed E-state index contributed by atoms with van der Waals surface area (Å²) in [6.07, 6.45) is 1.34. The molecule has 0 aliphatic rings. The van der Waals surface area contributed by atoms with Gasteiger partial charge in [0.2, 0.25) is 0 Å². The van der Waals surface area contributed by atoms with Gasteiger partial charge in [0, 0.05) is 4.47 Å². The Bertz CT molecular complexity index is 613. The van der Waals surface area contributed by atoms with Gasteiger partial charge in [0.15, 0.2) is 5.76 Å². The van der Waals surface area contributed by atoms with Crippen molar-refractivity contribution in [2.45, 2.75) is 0 Å². The average molecular weight is 327 g/mol. The smallest absolute Gasteiger partial charge is 0.305 e. The standard InChI is InChI=1S/C12H8BrFN2O3/c13-9-6-7(14)3-4-8(9)11(17)15-16-12(18)10-2-1-5-19-10/h1-6H,(H,15,17)(H,16,18). The third kappa shape index (κ3) is 3.19. The van der Waals surface area contributed by atoms with E-state index in [2.05, 4.69) is 26.8 Å². The van der Waals surface area contributed by atoms with Gasteiger partial charge >= 0.3 is 5.91 Å². The van der Waals surface area contributed by atoms with Crippen LogP contribution in [-0.4, -0.2) is 11.8 Å². The molecule has 5 nitrogen and oxygen atoms in total. The Morgan fingerprint density at radius 3 is 2.53 bits per heavy atom. The Morgan fingerprint density at radius 2 is 1.89 bits per heavy atom. The van der Waals surface area contributed by atoms with E-state index in [9.17, 15) is 14.0 Å². The van der Waals surface area contributed by atoms with E-state index >= 15 is 0 Å². The summed E-state index contributed by atoms with van der Waals surface area (Å²) in [6.45, 7) is 0. The maximum Gasteiger partial charge on any atom is 0.305 e. The summed E-state index contributed by atoms with van der Waals surface area (Å²) >= 11 is 3.06. The molecule has 7 heteroatoms. The molecule has 2 N–H and O–H groups in total. The molecule has 1 aromatic heterocycles. The van der Waals surface area contributed by atoms with Crippen molar-refractivity contribution < 1.29 is 18.4 Å². The van der Waals surface area contributed by atoms with E-state index in [1.54, 1.807) is 6.07 Å². The number of hydrogen-bond donors (Lipinski definition) is 2. The number of hydrazine groups is 1. The normalized spacial score (nSPS) is 10.0. The molecule has 1 heterocycles. The molecular formula is C12H8BrFN2O3. The number of benzene rings is 1. The monoisotopic (exact) mass is 326 g/mol. The molecular weight excluding hydrogens is 319 g/mol. The fourth-order valence-electron chi connectivity index (χ4n) is 1.32. The van der Waals surface area contributed by atoms with Crippen molar-refractivity contribution in [3.05, 3.63) is 58.2 Å². The van der Waals surface area contributed by atoms with E-state index in [1.807, 2.05) is 0 Å². The van der Waals surface area contributed by atoms with Crippen LogP contribution in [0.2, 0.25) is 0 Å². The molecule has 0 atom stereocenters. The average Bonchev–Trinajstić information content (AvgIpc) is 2.89. The molecule has 2 rings (SSSR count). The molecule has 0 aliphatic heterocycles. The third-order valence-electron chi connectivity index (χ3n) is 2.21. The first-order valence-electron chi connectivity index (χ1n) is 5.17. The second kappa shape index (κ2) is 5.66. The molecule has 0 fully saturated rings. The van der Waals surface area contributed by atoms with Crippen LogP contribution in [-0.2, 0) is 0 Å². The highest BCUT2D eigenvalue weighted by Crippen LogP contribution is 2.17. The first-order chi connectivity index (χ1) is 9.08. The van der Waals surface area contributed by atoms with Gasteiger partial charge in [-0.15, -0.1) is 0 Å². The minimum absolute atomic E-state index is 0.0680. The Morgan fingerprint density at radius 1 is 1.16 bits per heavy atom. The van der Waals surface area contributed by atoms with Crippen LogP contribution in [0.5, 0.6) is 0 Å². The molecule has 0 spiro atoms. The van der Waals surface area contributed by atoms with E-state index in [-0.39, 0.29) is 15.8 Å². The summed E-state index contributed by atoms with van der Waals surface area (Å²) in [5, 5.41) is 0. The molecule has 0 aliphatic carbocycles. The maximum absolute atomic E-state index is 12.9. The first kappa shape index (κ1) is 13.3. The minimum Gasteiger partial charge on any atom is -0.459 e. The summed E-state index contributed by atoms with van der Waals surface area (Å²) in [4.78, 5) is 23.2. The van der Waals surface area contributed by atoms with Crippen molar-refractivity contribution in [3.8, 4) is 0 Å². The van der Waals surface area contributed by atoms with Crippen LogP contribution >= 0.6 is 15.9 Å². The van der Waals surface area contributed by atoms with Crippen LogP contribution in [0.15, 0.2) is 45.5 Å². The maximum atomic E-state index is 12.9. The van der Waals surface area contributed by atoms with Gasteiger partial charge in [0.25, 0.3) is 5.91 Å². The van der Waals surface area contributed by atoms with E-state index < -0.39 is 17.6 Å². The second-order valence-corrected chi connectivity index (χ2v) is 4.36. The Kier molecular flexibility index (Phi) is 3.96. The van der Waals surface area contributed by atoms with E-state index in [1.165, 1.54) is 18.4 Å². The van der Waals surface area contributed by atoms with Crippen molar-refractivity contribution in [2.75, 3.05) is 0 Å². The van der Waals surface area contributed by atoms with Crippen LogP contribution in [0.4, 0.5) is 4.39 Å². The molecule has 0 saturated heterocycles. The quantitative estimate of drug-likeness (QED) is 0.831. The van der Waals surface area contributed by atoms with Crippen LogP contribution in [0.25, 0.3) is 0 Å². The summed E-state index contributed by atoms with van der Waals surface area (Å²) in [7, 11) is 0. The predicted octanol–water partition coefficient (Wildman–Crippen LogP) is 2.26. The Labute approximate surface area is 115 Å². The van der Waals surface area contributed by atoms with Crippen LogP contribution in [0, 0.1) is 5.82 Å². The van der Waals surface area contributed by atoms with E-state index in [4.69, 9.17) is 4.42 Å². The zero-order valence-corrected chi connectivity index (χ0v) is 11.0. The van der Waals surface area contributed by atoms with Gasteiger partial charge < -0.3 is 4.42 Å². The molecule has 1 aromatic carbocycles. The lowest BCUT2D eigenvalue weighted by molar-refractivity contribution is 0.0830. The van der Waals surface area contributed by atoms with Crippen molar-refractivity contribution in [1.29, 1.82) is 0 Å². The summed E-state index contributed by atoms with van der Waals surface area (Å²) in [6, 6.07) is 6.60. The van der Waals surface area contributed by atoms with Crippen LogP contribution in [0.3, 0.4) is 0 Å². The highest BCUT2D eigenvalue weighted by atomic mass is 79.9. The number of hydrogen-bond acceptors (Lipinski definition) is 3. The van der Waals surface area contributed by atoms with Gasteiger partial charge in [-0.25, -0.2) is 4.39 Å². The number of carbonyl (C=O) groups excluding carboxylic acids is 2. The van der Waals surface area contributed by atoms with Crippen molar-refractivity contribution in [2.24, 2.45) is 0 Å². The van der Waals surface area contributed by atoms with Gasteiger partial charge in [0.05, 0.1) is 11.8 Å². The largest absolute Gasteiger partial charge is 0.459 e. The Balaban J connectivity index is 2.00. The fraction of sp³-hybridized carbons (Fsp3) is 0. The Hall–Kier alpha value is -2.15. The topological polar surface area (TPSA) is 71.3 Å². The highest BCUT2D eigenvalue weighted by molar-refractivity contribution is 9.10. The van der Waals surface area contributed by atoms with Gasteiger partial charge in [-0.3, -0.25) is 20.4 Å². The van der Waals surface area contributed by atoms with Crippen LogP contribution < -0.4 is 10.9 Å². The molecule has 2 amide bonds. The fourth-order valence-corrected chi connectivity index (χ4v) is 1.85. The van der Waals surface area contributed by atoms with Crippen molar-refractivity contribution in [3.63, 3.8) is 0 Å². The number of amides is 2. The van der Waals surface area contributed by atoms with Crippen LogP contribution in [0.1, 0.15) is 20.9 Å². The molecule has 0 radical (unpaired) electrons. The molecule has 19 heavy (non-hydrogen) atoms. The molecule has 98 valence electrons. The number of halogens is 2. The van der Waals surface area contributed by atoms with Crippen molar-refractivity contribution >= 4 is 27.7 Å². The summed E-state index contributed by atoms with van der Waals surface area (Å²) < 4.78 is 18.0. The number of rotatable bonds is 2. The molecule has 2 aromatic rings. The summed E-state index contributed by atoms with van der Waals surface area (Å²) in [5.74, 6) is -1.56. The van der Waals surface area contributed by atoms with Crippen molar-refractivity contribution in [1.82, 2.24) is 10.9 Å². The zero-order chi connectivity index (χ0) is 13.8. The molecule has 0 unspecified atom stereocenters. The number of nitrogens with one attached hydrogen (secondary N) is 2. The third-order valence-corrected chi connectivity index (χ3v) is 2.87. The minimum atomic E-state index is -0.586. The predicted molar refractivity (Wildman–Crippen MR) is 67.7 cm³/mol.